The molecular weight excluding hydrogens is 238 g/mol. The third-order valence-corrected chi connectivity index (χ3v) is 3.33. The van der Waals surface area contributed by atoms with Crippen molar-refractivity contribution >= 4 is 11.6 Å². The lowest BCUT2D eigenvalue weighted by molar-refractivity contribution is -0.116. The summed E-state index contributed by atoms with van der Waals surface area (Å²) in [5.41, 5.74) is 0.880. The van der Waals surface area contributed by atoms with Crippen molar-refractivity contribution in [1.82, 2.24) is 10.2 Å². The molecule has 1 radical (unpaired) electrons. The summed E-state index contributed by atoms with van der Waals surface area (Å²) in [6.07, 6.45) is 2.64. The van der Waals surface area contributed by atoms with E-state index in [9.17, 15) is 4.79 Å². The minimum Gasteiger partial charge on any atom is -0.326 e. The van der Waals surface area contributed by atoms with Crippen molar-refractivity contribution in [3.8, 4) is 0 Å². The number of benzene rings is 1. The lowest BCUT2D eigenvalue weighted by Crippen LogP contribution is -2.40. The number of para-hydroxylation sites is 1. The summed E-state index contributed by atoms with van der Waals surface area (Å²) in [6.45, 7) is 5.18. The first kappa shape index (κ1) is 14.0. The monoisotopic (exact) mass is 260 g/mol. The van der Waals surface area contributed by atoms with Crippen LogP contribution in [0.2, 0.25) is 0 Å². The molecule has 0 spiro atoms. The third-order valence-electron chi connectivity index (χ3n) is 3.33. The minimum atomic E-state index is 0.111. The molecule has 1 fully saturated rings. The second-order valence-corrected chi connectivity index (χ2v) is 4.88. The lowest BCUT2D eigenvalue weighted by atomic mass is 10.2. The van der Waals surface area contributed by atoms with Gasteiger partial charge in [0.05, 0.1) is 0 Å². The van der Waals surface area contributed by atoms with E-state index < -0.39 is 0 Å². The molecular formula is C15H22N3O. The predicted molar refractivity (Wildman–Crippen MR) is 77.2 cm³/mol. The molecule has 0 aliphatic carbocycles. The minimum absolute atomic E-state index is 0.111. The molecule has 1 saturated heterocycles. The van der Waals surface area contributed by atoms with Crippen LogP contribution in [0.1, 0.15) is 19.3 Å². The molecule has 0 aromatic heterocycles. The van der Waals surface area contributed by atoms with Crippen LogP contribution < -0.4 is 10.6 Å². The summed E-state index contributed by atoms with van der Waals surface area (Å²) in [7, 11) is 0. The molecule has 4 heteroatoms. The van der Waals surface area contributed by atoms with Crippen LogP contribution in [0, 0.1) is 0 Å². The second kappa shape index (κ2) is 7.92. The standard InChI is InChI=1S/C15H22N3O/c19-15(17-14-6-2-1-3-7-14)8-4-5-11-18-12-9-16-10-13-18/h1-3,6-7H,4-5,8-13H2,(H,17,19). The summed E-state index contributed by atoms with van der Waals surface area (Å²) in [4.78, 5) is 14.2. The number of nitrogens with one attached hydrogen (secondary N) is 1. The van der Waals surface area contributed by atoms with Crippen molar-refractivity contribution < 1.29 is 4.79 Å². The molecule has 1 heterocycles. The van der Waals surface area contributed by atoms with E-state index in [-0.39, 0.29) is 5.91 Å². The highest BCUT2D eigenvalue weighted by molar-refractivity contribution is 5.90. The van der Waals surface area contributed by atoms with Gasteiger partial charge in [0, 0.05) is 38.3 Å². The van der Waals surface area contributed by atoms with Gasteiger partial charge < -0.3 is 10.2 Å². The van der Waals surface area contributed by atoms with Gasteiger partial charge in [-0.1, -0.05) is 18.2 Å². The molecule has 19 heavy (non-hydrogen) atoms. The Labute approximate surface area is 115 Å². The van der Waals surface area contributed by atoms with Crippen LogP contribution in [0.5, 0.6) is 0 Å². The van der Waals surface area contributed by atoms with Gasteiger partial charge in [-0.15, -0.1) is 0 Å². The van der Waals surface area contributed by atoms with Crippen LogP contribution in [0.4, 0.5) is 5.69 Å². The lowest BCUT2D eigenvalue weighted by Gasteiger charge is -2.25. The maximum atomic E-state index is 11.7. The van der Waals surface area contributed by atoms with Crippen molar-refractivity contribution in [2.75, 3.05) is 38.0 Å². The SMILES string of the molecule is O=C(CCCCN1CC[N]CC1)Nc1ccccc1. The van der Waals surface area contributed by atoms with Gasteiger partial charge in [-0.2, -0.15) is 0 Å². The fourth-order valence-corrected chi connectivity index (χ4v) is 2.24. The number of carbonyl (C=O) groups excluding carboxylic acids is 1. The van der Waals surface area contributed by atoms with E-state index >= 15 is 0 Å². The first-order valence-electron chi connectivity index (χ1n) is 7.05. The van der Waals surface area contributed by atoms with Crippen molar-refractivity contribution in [1.29, 1.82) is 0 Å². The summed E-state index contributed by atoms with van der Waals surface area (Å²) >= 11 is 0. The van der Waals surface area contributed by atoms with Crippen molar-refractivity contribution in [3.05, 3.63) is 30.3 Å². The van der Waals surface area contributed by atoms with E-state index in [0.717, 1.165) is 51.3 Å². The molecule has 103 valence electrons. The van der Waals surface area contributed by atoms with Gasteiger partial charge in [0.25, 0.3) is 0 Å². The number of rotatable bonds is 6. The quantitative estimate of drug-likeness (QED) is 0.792. The molecule has 0 unspecified atom stereocenters. The molecule has 1 amide bonds. The zero-order valence-electron chi connectivity index (χ0n) is 11.3. The maximum absolute atomic E-state index is 11.7. The molecule has 1 N–H and O–H groups in total. The Morgan fingerprint density at radius 1 is 1.16 bits per heavy atom. The highest BCUT2D eigenvalue weighted by Crippen LogP contribution is 2.07. The number of hydrogen-bond donors (Lipinski definition) is 1. The summed E-state index contributed by atoms with van der Waals surface area (Å²) in [5.74, 6) is 0.111. The van der Waals surface area contributed by atoms with Crippen molar-refractivity contribution in [2.24, 2.45) is 0 Å². The summed E-state index contributed by atoms with van der Waals surface area (Å²) < 4.78 is 0. The highest BCUT2D eigenvalue weighted by Gasteiger charge is 2.09. The Balaban J connectivity index is 1.56. The fraction of sp³-hybridized carbons (Fsp3) is 0.533. The highest BCUT2D eigenvalue weighted by atomic mass is 16.1. The Morgan fingerprint density at radius 2 is 1.89 bits per heavy atom. The molecule has 0 atom stereocenters. The molecule has 0 saturated carbocycles. The van der Waals surface area contributed by atoms with Crippen LogP contribution in [0.25, 0.3) is 0 Å². The van der Waals surface area contributed by atoms with E-state index in [1.54, 1.807) is 0 Å². The summed E-state index contributed by atoms with van der Waals surface area (Å²) in [6, 6.07) is 9.62. The first-order valence-corrected chi connectivity index (χ1v) is 7.05. The van der Waals surface area contributed by atoms with E-state index in [4.69, 9.17) is 0 Å². The maximum Gasteiger partial charge on any atom is 0.224 e. The zero-order chi connectivity index (χ0) is 13.3. The first-order chi connectivity index (χ1) is 9.34. The molecule has 2 rings (SSSR count). The van der Waals surface area contributed by atoms with Gasteiger partial charge >= 0.3 is 0 Å². The number of piperazine rings is 1. The number of nitrogens with zero attached hydrogens (tertiary/aromatic N) is 2. The van der Waals surface area contributed by atoms with Gasteiger partial charge in [-0.05, 0) is 31.5 Å². The average molecular weight is 260 g/mol. The summed E-state index contributed by atoms with van der Waals surface area (Å²) in [5, 5.41) is 7.24. The Kier molecular flexibility index (Phi) is 5.85. The van der Waals surface area contributed by atoms with Crippen molar-refractivity contribution in [2.45, 2.75) is 19.3 Å². The zero-order valence-corrected chi connectivity index (χ0v) is 11.3. The number of amides is 1. The normalized spacial score (nSPS) is 16.2. The topological polar surface area (TPSA) is 46.4 Å². The van der Waals surface area contributed by atoms with E-state index in [0.29, 0.717) is 6.42 Å². The van der Waals surface area contributed by atoms with E-state index in [1.807, 2.05) is 30.3 Å². The molecule has 4 nitrogen and oxygen atoms in total. The smallest absolute Gasteiger partial charge is 0.224 e. The average Bonchev–Trinajstić information content (AvgIpc) is 2.46. The van der Waals surface area contributed by atoms with E-state index in [1.165, 1.54) is 0 Å². The van der Waals surface area contributed by atoms with Gasteiger partial charge in [-0.3, -0.25) is 4.79 Å². The molecule has 1 aliphatic rings. The van der Waals surface area contributed by atoms with Crippen molar-refractivity contribution in [3.63, 3.8) is 0 Å². The number of anilines is 1. The largest absolute Gasteiger partial charge is 0.326 e. The Bertz CT molecular complexity index is 374. The van der Waals surface area contributed by atoms with Crippen LogP contribution in [-0.2, 0) is 4.79 Å². The van der Waals surface area contributed by atoms with Gasteiger partial charge in [0.2, 0.25) is 5.91 Å². The van der Waals surface area contributed by atoms with Gasteiger partial charge in [0.1, 0.15) is 0 Å². The van der Waals surface area contributed by atoms with Crippen LogP contribution in [0.15, 0.2) is 30.3 Å². The molecule has 0 bridgehead atoms. The molecule has 1 aromatic rings. The fourth-order valence-electron chi connectivity index (χ4n) is 2.24. The Morgan fingerprint density at radius 3 is 2.63 bits per heavy atom. The molecule has 1 aliphatic heterocycles. The molecule has 1 aromatic carbocycles. The number of carbonyl (C=O) groups is 1. The van der Waals surface area contributed by atoms with Crippen LogP contribution >= 0.6 is 0 Å². The predicted octanol–water partition coefficient (Wildman–Crippen LogP) is 1.72. The van der Waals surface area contributed by atoms with Crippen LogP contribution in [-0.4, -0.2) is 43.5 Å². The van der Waals surface area contributed by atoms with Gasteiger partial charge in [-0.25, -0.2) is 5.32 Å². The second-order valence-electron chi connectivity index (χ2n) is 4.88. The number of unbranched alkanes of at least 4 members (excludes halogenated alkanes) is 1. The number of hydrogen-bond acceptors (Lipinski definition) is 2. The van der Waals surface area contributed by atoms with Gasteiger partial charge in [0.15, 0.2) is 0 Å². The third kappa shape index (κ3) is 5.41. The van der Waals surface area contributed by atoms with Crippen LogP contribution in [0.3, 0.4) is 0 Å². The Hall–Kier alpha value is -1.39. The van der Waals surface area contributed by atoms with E-state index in [2.05, 4.69) is 15.5 Å².